The Kier molecular flexibility index (Phi) is 6.89. The minimum Gasteiger partial charge on any atom is -0.493 e. The van der Waals surface area contributed by atoms with Gasteiger partial charge in [-0.15, -0.1) is 11.3 Å². The lowest BCUT2D eigenvalue weighted by atomic mass is 10.2. The number of halogens is 2. The number of amides is 1. The highest BCUT2D eigenvalue weighted by Crippen LogP contribution is 2.34. The zero-order valence-corrected chi connectivity index (χ0v) is 18.4. The van der Waals surface area contributed by atoms with E-state index in [0.29, 0.717) is 28.7 Å². The van der Waals surface area contributed by atoms with Gasteiger partial charge in [-0.05, 0) is 54.1 Å². The Bertz CT molecular complexity index is 1270. The van der Waals surface area contributed by atoms with Crippen LogP contribution in [0.4, 0.5) is 8.78 Å². The number of pyridine rings is 1. The summed E-state index contributed by atoms with van der Waals surface area (Å²) in [6, 6.07) is 12.0. The van der Waals surface area contributed by atoms with Gasteiger partial charge in [-0.1, -0.05) is 0 Å². The van der Waals surface area contributed by atoms with Gasteiger partial charge in [0.15, 0.2) is 11.5 Å². The van der Waals surface area contributed by atoms with Gasteiger partial charge < -0.3 is 14.8 Å². The molecule has 0 bridgehead atoms. The van der Waals surface area contributed by atoms with Crippen LogP contribution < -0.4 is 14.8 Å². The van der Waals surface area contributed by atoms with Gasteiger partial charge in [0.25, 0.3) is 5.91 Å². The molecule has 168 valence electrons. The van der Waals surface area contributed by atoms with Gasteiger partial charge in [-0.25, -0.2) is 13.8 Å². The molecule has 2 aromatic heterocycles. The zero-order valence-electron chi connectivity index (χ0n) is 17.5. The largest absolute Gasteiger partial charge is 0.493 e. The van der Waals surface area contributed by atoms with Crippen LogP contribution >= 0.6 is 11.3 Å². The molecule has 0 fully saturated rings. The van der Waals surface area contributed by atoms with Crippen LogP contribution in [-0.2, 0) is 13.2 Å². The average Bonchev–Trinajstić information content (AvgIpc) is 3.34. The smallest absolute Gasteiger partial charge is 0.271 e. The summed E-state index contributed by atoms with van der Waals surface area (Å²) >= 11 is 1.32. The minimum atomic E-state index is -0.551. The molecule has 4 aromatic rings. The Balaban J connectivity index is 1.44. The predicted octanol–water partition coefficient (Wildman–Crippen LogP) is 5.00. The Hall–Kier alpha value is -3.85. The fourth-order valence-electron chi connectivity index (χ4n) is 3.01. The van der Waals surface area contributed by atoms with E-state index in [1.54, 1.807) is 36.0 Å². The molecule has 6 nitrogen and oxygen atoms in total. The van der Waals surface area contributed by atoms with Gasteiger partial charge in [0.1, 0.15) is 28.9 Å². The number of carbonyl (C=O) groups excluding carboxylic acids is 1. The molecule has 33 heavy (non-hydrogen) atoms. The number of carbonyl (C=O) groups is 1. The first-order chi connectivity index (χ1) is 16.0. The third kappa shape index (κ3) is 5.50. The number of hydrogen-bond donors (Lipinski definition) is 1. The number of hydrogen-bond acceptors (Lipinski definition) is 6. The maximum absolute atomic E-state index is 13.8. The van der Waals surface area contributed by atoms with E-state index < -0.39 is 11.6 Å². The second-order valence-electron chi connectivity index (χ2n) is 6.97. The molecule has 0 aliphatic carbocycles. The van der Waals surface area contributed by atoms with Crippen molar-refractivity contribution in [2.75, 3.05) is 7.11 Å². The molecule has 2 aromatic carbocycles. The second kappa shape index (κ2) is 10.2. The van der Waals surface area contributed by atoms with Gasteiger partial charge >= 0.3 is 0 Å². The quantitative estimate of drug-likeness (QED) is 0.395. The molecule has 0 spiro atoms. The monoisotopic (exact) mass is 467 g/mol. The molecular weight excluding hydrogens is 448 g/mol. The van der Waals surface area contributed by atoms with Crippen molar-refractivity contribution < 1.29 is 23.0 Å². The van der Waals surface area contributed by atoms with Crippen molar-refractivity contribution >= 4 is 17.2 Å². The molecule has 9 heteroatoms. The van der Waals surface area contributed by atoms with Crippen LogP contribution in [0.5, 0.6) is 11.5 Å². The molecule has 0 atom stereocenters. The Morgan fingerprint density at radius 1 is 1.06 bits per heavy atom. The summed E-state index contributed by atoms with van der Waals surface area (Å²) in [7, 11) is 1.48. The predicted molar refractivity (Wildman–Crippen MR) is 120 cm³/mol. The lowest BCUT2D eigenvalue weighted by Gasteiger charge is -2.12. The zero-order chi connectivity index (χ0) is 23.2. The Morgan fingerprint density at radius 2 is 1.88 bits per heavy atom. The highest BCUT2D eigenvalue weighted by atomic mass is 32.1. The van der Waals surface area contributed by atoms with Gasteiger partial charge in [-0.2, -0.15) is 0 Å². The molecule has 2 heterocycles. The van der Waals surface area contributed by atoms with Gasteiger partial charge in [0.05, 0.1) is 7.11 Å². The standard InChI is InChI=1S/C24H19F2N3O3S/c1-31-22-11-16(2-5-21(22)32-13-17-10-18(25)3-4-19(17)26)24-29-20(14-33-24)23(30)28-12-15-6-8-27-9-7-15/h2-11,14H,12-13H2,1H3,(H,28,30). The van der Waals surface area contributed by atoms with E-state index >= 15 is 0 Å². The first kappa shape index (κ1) is 22.3. The summed E-state index contributed by atoms with van der Waals surface area (Å²) in [5.74, 6) is -0.593. The van der Waals surface area contributed by atoms with E-state index in [1.807, 2.05) is 12.1 Å². The first-order valence-corrected chi connectivity index (χ1v) is 10.8. The number of methoxy groups -OCH3 is 1. The van der Waals surface area contributed by atoms with Gasteiger partial charge in [0, 0.05) is 35.4 Å². The van der Waals surface area contributed by atoms with E-state index in [9.17, 15) is 13.6 Å². The molecule has 0 aliphatic rings. The van der Waals surface area contributed by atoms with Crippen molar-refractivity contribution in [1.29, 1.82) is 0 Å². The molecule has 1 amide bonds. The molecule has 0 radical (unpaired) electrons. The maximum Gasteiger partial charge on any atom is 0.271 e. The fraction of sp³-hybridized carbons (Fsp3) is 0.125. The molecule has 1 N–H and O–H groups in total. The summed E-state index contributed by atoms with van der Waals surface area (Å²) in [6.07, 6.45) is 3.33. The van der Waals surface area contributed by atoms with Crippen molar-refractivity contribution in [3.63, 3.8) is 0 Å². The van der Waals surface area contributed by atoms with E-state index in [1.165, 1.54) is 18.4 Å². The topological polar surface area (TPSA) is 73.3 Å². The lowest BCUT2D eigenvalue weighted by Crippen LogP contribution is -2.23. The van der Waals surface area contributed by atoms with E-state index in [4.69, 9.17) is 9.47 Å². The van der Waals surface area contributed by atoms with Gasteiger partial charge in [-0.3, -0.25) is 9.78 Å². The number of ether oxygens (including phenoxy) is 2. The van der Waals surface area contributed by atoms with Crippen LogP contribution in [0.3, 0.4) is 0 Å². The third-order valence-corrected chi connectivity index (χ3v) is 5.63. The molecule has 0 unspecified atom stereocenters. The highest BCUT2D eigenvalue weighted by molar-refractivity contribution is 7.13. The van der Waals surface area contributed by atoms with Crippen LogP contribution in [-0.4, -0.2) is 23.0 Å². The van der Waals surface area contributed by atoms with Crippen LogP contribution in [0, 0.1) is 11.6 Å². The number of nitrogens with one attached hydrogen (secondary N) is 1. The number of rotatable bonds is 8. The number of nitrogens with zero attached hydrogens (tertiary/aromatic N) is 2. The van der Waals surface area contributed by atoms with Gasteiger partial charge in [0.2, 0.25) is 0 Å². The number of thiazole rings is 1. The van der Waals surface area contributed by atoms with Crippen molar-refractivity contribution in [2.24, 2.45) is 0 Å². The van der Waals surface area contributed by atoms with Crippen LogP contribution in [0.1, 0.15) is 21.6 Å². The first-order valence-electron chi connectivity index (χ1n) is 9.91. The number of aromatic nitrogens is 2. The van der Waals surface area contributed by atoms with E-state index in [2.05, 4.69) is 15.3 Å². The third-order valence-electron chi connectivity index (χ3n) is 4.74. The maximum atomic E-state index is 13.8. The van der Waals surface area contributed by atoms with Crippen molar-refractivity contribution in [1.82, 2.24) is 15.3 Å². The summed E-state index contributed by atoms with van der Waals surface area (Å²) in [4.78, 5) is 20.8. The molecule has 4 rings (SSSR count). The molecular formula is C24H19F2N3O3S. The second-order valence-corrected chi connectivity index (χ2v) is 7.82. The highest BCUT2D eigenvalue weighted by Gasteiger charge is 2.15. The van der Waals surface area contributed by atoms with Crippen molar-refractivity contribution in [3.05, 3.63) is 94.8 Å². The van der Waals surface area contributed by atoms with E-state index in [-0.39, 0.29) is 18.1 Å². The Morgan fingerprint density at radius 3 is 2.67 bits per heavy atom. The van der Waals surface area contributed by atoms with Crippen LogP contribution in [0.2, 0.25) is 0 Å². The van der Waals surface area contributed by atoms with Crippen LogP contribution in [0.15, 0.2) is 66.3 Å². The molecule has 0 saturated carbocycles. The van der Waals surface area contributed by atoms with Crippen molar-refractivity contribution in [2.45, 2.75) is 13.2 Å². The molecule has 0 aliphatic heterocycles. The molecule has 0 saturated heterocycles. The Labute approximate surface area is 192 Å². The van der Waals surface area contributed by atoms with Crippen LogP contribution in [0.25, 0.3) is 10.6 Å². The average molecular weight is 467 g/mol. The van der Waals surface area contributed by atoms with E-state index in [0.717, 1.165) is 29.3 Å². The number of benzene rings is 2. The minimum absolute atomic E-state index is 0.100. The SMILES string of the molecule is COc1cc(-c2nc(C(=O)NCc3ccncc3)cs2)ccc1OCc1cc(F)ccc1F. The lowest BCUT2D eigenvalue weighted by molar-refractivity contribution is 0.0946. The normalized spacial score (nSPS) is 10.6. The summed E-state index contributed by atoms with van der Waals surface area (Å²) in [6.45, 7) is 0.221. The summed E-state index contributed by atoms with van der Waals surface area (Å²) in [5, 5.41) is 5.14. The fourth-order valence-corrected chi connectivity index (χ4v) is 3.81. The summed E-state index contributed by atoms with van der Waals surface area (Å²) in [5.41, 5.74) is 2.08. The summed E-state index contributed by atoms with van der Waals surface area (Å²) < 4.78 is 38.2. The van der Waals surface area contributed by atoms with Crippen molar-refractivity contribution in [3.8, 4) is 22.1 Å².